The first kappa shape index (κ1) is 12.8. The van der Waals surface area contributed by atoms with Gasteiger partial charge in [0, 0.05) is 24.5 Å². The molecule has 3 N–H and O–H groups in total. The number of nitrogens with two attached hydrogens (primary N) is 1. The Morgan fingerprint density at radius 2 is 2.00 bits per heavy atom. The second-order valence-corrected chi connectivity index (χ2v) is 5.87. The van der Waals surface area contributed by atoms with Gasteiger partial charge in [-0.05, 0) is 52.1 Å². The van der Waals surface area contributed by atoms with Crippen LogP contribution < -0.4 is 11.1 Å². The van der Waals surface area contributed by atoms with E-state index in [4.69, 9.17) is 5.73 Å². The number of hydrogen-bond acceptors (Lipinski definition) is 3. The molecular weight excluding hydrogens is 214 g/mol. The van der Waals surface area contributed by atoms with Gasteiger partial charge in [0.1, 0.15) is 0 Å². The van der Waals surface area contributed by atoms with E-state index in [1.54, 1.807) is 0 Å². The van der Waals surface area contributed by atoms with E-state index in [1.165, 1.54) is 32.4 Å². The first-order valence-corrected chi connectivity index (χ1v) is 6.88. The van der Waals surface area contributed by atoms with Gasteiger partial charge in [0.05, 0.1) is 0 Å². The zero-order valence-corrected chi connectivity index (χ0v) is 10.9. The second kappa shape index (κ2) is 5.36. The van der Waals surface area contributed by atoms with E-state index in [9.17, 15) is 4.79 Å². The lowest BCUT2D eigenvalue weighted by molar-refractivity contribution is -0.123. The third kappa shape index (κ3) is 3.68. The quantitative estimate of drug-likeness (QED) is 0.748. The highest BCUT2D eigenvalue weighted by atomic mass is 16.1. The molecule has 1 aliphatic carbocycles. The summed E-state index contributed by atoms with van der Waals surface area (Å²) >= 11 is 0. The van der Waals surface area contributed by atoms with Crippen molar-refractivity contribution in [2.24, 2.45) is 5.73 Å². The van der Waals surface area contributed by atoms with Crippen molar-refractivity contribution in [3.05, 3.63) is 0 Å². The Labute approximate surface area is 104 Å². The Morgan fingerprint density at radius 1 is 1.35 bits per heavy atom. The molecule has 2 rings (SSSR count). The number of carbonyl (C=O) groups excluding carboxylic acids is 1. The molecule has 2 fully saturated rings. The van der Waals surface area contributed by atoms with E-state index in [2.05, 4.69) is 17.1 Å². The second-order valence-electron chi connectivity index (χ2n) is 5.87. The predicted octanol–water partition coefficient (Wildman–Crippen LogP) is 0.858. The van der Waals surface area contributed by atoms with Crippen LogP contribution in [0.1, 0.15) is 45.4 Å². The topological polar surface area (TPSA) is 58.4 Å². The molecule has 4 nitrogen and oxygen atoms in total. The van der Waals surface area contributed by atoms with Gasteiger partial charge in [-0.2, -0.15) is 0 Å². The van der Waals surface area contributed by atoms with Crippen molar-refractivity contribution in [1.82, 2.24) is 10.2 Å². The highest BCUT2D eigenvalue weighted by Crippen LogP contribution is 2.31. The highest BCUT2D eigenvalue weighted by molar-refractivity contribution is 5.77. The third-order valence-electron chi connectivity index (χ3n) is 4.00. The zero-order chi connectivity index (χ0) is 12.3. The van der Waals surface area contributed by atoms with Crippen LogP contribution in [0.2, 0.25) is 0 Å². The molecule has 1 atom stereocenters. The molecule has 1 unspecified atom stereocenters. The lowest BCUT2D eigenvalue weighted by Gasteiger charge is -2.37. The lowest BCUT2D eigenvalue weighted by atomic mass is 9.75. The van der Waals surface area contributed by atoms with Gasteiger partial charge in [-0.15, -0.1) is 0 Å². The van der Waals surface area contributed by atoms with E-state index in [1.807, 2.05) is 0 Å². The van der Waals surface area contributed by atoms with E-state index in [0.29, 0.717) is 6.42 Å². The number of nitrogens with zero attached hydrogens (tertiary/aromatic N) is 1. The van der Waals surface area contributed by atoms with Crippen molar-refractivity contribution >= 4 is 5.91 Å². The minimum Gasteiger partial charge on any atom is -0.352 e. The van der Waals surface area contributed by atoms with Crippen molar-refractivity contribution < 1.29 is 4.79 Å². The van der Waals surface area contributed by atoms with E-state index in [0.717, 1.165) is 19.4 Å². The highest BCUT2D eigenvalue weighted by Gasteiger charge is 2.34. The van der Waals surface area contributed by atoms with Gasteiger partial charge in [0.25, 0.3) is 0 Å². The summed E-state index contributed by atoms with van der Waals surface area (Å²) in [6.07, 6.45) is 6.27. The molecule has 98 valence electrons. The summed E-state index contributed by atoms with van der Waals surface area (Å²) in [6.45, 7) is 5.42. The maximum atomic E-state index is 11.8. The van der Waals surface area contributed by atoms with Crippen LogP contribution in [-0.2, 0) is 4.79 Å². The van der Waals surface area contributed by atoms with Crippen molar-refractivity contribution in [3.63, 3.8) is 0 Å². The summed E-state index contributed by atoms with van der Waals surface area (Å²) in [7, 11) is 0. The normalized spacial score (nSPS) is 25.3. The molecule has 0 aromatic carbocycles. The molecule has 4 heteroatoms. The Hall–Kier alpha value is -0.610. The van der Waals surface area contributed by atoms with Crippen LogP contribution in [0.15, 0.2) is 0 Å². The lowest BCUT2D eigenvalue weighted by Crippen LogP contribution is -2.51. The van der Waals surface area contributed by atoms with Crippen LogP contribution in [0, 0.1) is 0 Å². The van der Waals surface area contributed by atoms with Gasteiger partial charge >= 0.3 is 0 Å². The summed E-state index contributed by atoms with van der Waals surface area (Å²) in [5.74, 6) is 0.124. The number of likely N-dealkylation sites (tertiary alicyclic amines) is 1. The molecule has 17 heavy (non-hydrogen) atoms. The van der Waals surface area contributed by atoms with Crippen molar-refractivity contribution in [1.29, 1.82) is 0 Å². The summed E-state index contributed by atoms with van der Waals surface area (Å²) in [5.41, 5.74) is 5.87. The molecule has 0 bridgehead atoms. The van der Waals surface area contributed by atoms with E-state index in [-0.39, 0.29) is 17.5 Å². The fourth-order valence-corrected chi connectivity index (χ4v) is 2.85. The molecule has 1 amide bonds. The van der Waals surface area contributed by atoms with Crippen LogP contribution in [0.25, 0.3) is 0 Å². The average Bonchev–Trinajstić information content (AvgIpc) is 2.67. The summed E-state index contributed by atoms with van der Waals surface area (Å²) < 4.78 is 0. The fraction of sp³-hybridized carbons (Fsp3) is 0.923. The monoisotopic (exact) mass is 239 g/mol. The van der Waals surface area contributed by atoms with E-state index < -0.39 is 0 Å². The molecule has 1 aliphatic heterocycles. The Kier molecular flexibility index (Phi) is 4.05. The molecule has 2 aliphatic rings. The SMILES string of the molecule is CC(CN1CCCC1)NC(=O)CC1(N)CCC1. The summed E-state index contributed by atoms with van der Waals surface area (Å²) in [4.78, 5) is 14.2. The Bertz CT molecular complexity index is 270. The molecule has 0 aromatic rings. The van der Waals surface area contributed by atoms with Crippen LogP contribution in [-0.4, -0.2) is 42.0 Å². The molecule has 0 aromatic heterocycles. The van der Waals surface area contributed by atoms with Crippen molar-refractivity contribution in [2.75, 3.05) is 19.6 Å². The minimum atomic E-state index is -0.197. The Morgan fingerprint density at radius 3 is 2.53 bits per heavy atom. The Balaban J connectivity index is 1.66. The molecular formula is C13H25N3O. The average molecular weight is 239 g/mol. The smallest absolute Gasteiger partial charge is 0.222 e. The van der Waals surface area contributed by atoms with E-state index >= 15 is 0 Å². The van der Waals surface area contributed by atoms with Crippen LogP contribution in [0.4, 0.5) is 0 Å². The summed E-state index contributed by atoms with van der Waals surface area (Å²) in [6, 6.07) is 0.240. The summed E-state index contributed by atoms with van der Waals surface area (Å²) in [5, 5.41) is 3.07. The van der Waals surface area contributed by atoms with Gasteiger partial charge in [0.2, 0.25) is 5.91 Å². The minimum absolute atomic E-state index is 0.124. The molecule has 0 spiro atoms. The number of rotatable bonds is 5. The number of amides is 1. The first-order valence-electron chi connectivity index (χ1n) is 6.88. The maximum absolute atomic E-state index is 11.8. The molecule has 1 heterocycles. The van der Waals surface area contributed by atoms with Crippen LogP contribution >= 0.6 is 0 Å². The number of hydrogen-bond donors (Lipinski definition) is 2. The van der Waals surface area contributed by atoms with Crippen molar-refractivity contribution in [2.45, 2.75) is 57.0 Å². The molecule has 1 saturated carbocycles. The van der Waals surface area contributed by atoms with Gasteiger partial charge in [-0.1, -0.05) is 0 Å². The molecule has 1 saturated heterocycles. The molecule has 0 radical (unpaired) electrons. The number of nitrogens with one attached hydrogen (secondary N) is 1. The van der Waals surface area contributed by atoms with Gasteiger partial charge < -0.3 is 16.0 Å². The van der Waals surface area contributed by atoms with Crippen LogP contribution in [0.3, 0.4) is 0 Å². The predicted molar refractivity (Wildman–Crippen MR) is 68.7 cm³/mol. The van der Waals surface area contributed by atoms with Gasteiger partial charge in [-0.25, -0.2) is 0 Å². The van der Waals surface area contributed by atoms with Crippen molar-refractivity contribution in [3.8, 4) is 0 Å². The first-order chi connectivity index (χ1) is 8.07. The third-order valence-corrected chi connectivity index (χ3v) is 4.00. The zero-order valence-electron chi connectivity index (χ0n) is 10.9. The van der Waals surface area contributed by atoms with Gasteiger partial charge in [-0.3, -0.25) is 4.79 Å². The largest absolute Gasteiger partial charge is 0.352 e. The number of carbonyl (C=O) groups is 1. The maximum Gasteiger partial charge on any atom is 0.222 e. The van der Waals surface area contributed by atoms with Crippen LogP contribution in [0.5, 0.6) is 0 Å². The van der Waals surface area contributed by atoms with Gasteiger partial charge in [0.15, 0.2) is 0 Å². The standard InChI is InChI=1S/C13H25N3O/c1-11(10-16-7-2-3-8-16)15-12(17)9-13(14)5-4-6-13/h11H,2-10,14H2,1H3,(H,15,17). The fourth-order valence-electron chi connectivity index (χ4n) is 2.85.